The number of hydrogen-bond acceptors (Lipinski definition) is 3. The molecule has 0 radical (unpaired) electrons. The van der Waals surface area contributed by atoms with E-state index in [2.05, 4.69) is 18.1 Å². The van der Waals surface area contributed by atoms with Crippen LogP contribution in [0.25, 0.3) is 0 Å². The molecule has 2 nitrogen and oxygen atoms in total. The molecule has 1 unspecified atom stereocenters. The standard InChI is InChI=1S/C7H10N2S/c1-5-3-4-7(10-5)6(2)9-8/h3-4,6,8H,1-2H3. The first-order valence-corrected chi connectivity index (χ1v) is 3.98. The van der Waals surface area contributed by atoms with Gasteiger partial charge in [0.05, 0.1) is 0 Å². The molecular formula is C7H10N2S. The zero-order chi connectivity index (χ0) is 7.56. The van der Waals surface area contributed by atoms with Crippen LogP contribution in [0.4, 0.5) is 0 Å². The fourth-order valence-corrected chi connectivity index (χ4v) is 1.61. The lowest BCUT2D eigenvalue weighted by Gasteiger charge is -1.96. The summed E-state index contributed by atoms with van der Waals surface area (Å²) in [5.74, 6) is 0. The van der Waals surface area contributed by atoms with Crippen LogP contribution in [-0.4, -0.2) is 0 Å². The van der Waals surface area contributed by atoms with E-state index in [1.54, 1.807) is 11.3 Å². The zero-order valence-electron chi connectivity index (χ0n) is 6.09. The van der Waals surface area contributed by atoms with Crippen LogP contribution in [0.5, 0.6) is 0 Å². The van der Waals surface area contributed by atoms with Gasteiger partial charge in [-0.05, 0) is 26.0 Å². The van der Waals surface area contributed by atoms with Crippen molar-refractivity contribution in [3.05, 3.63) is 21.9 Å². The lowest BCUT2D eigenvalue weighted by molar-refractivity contribution is 0.748. The molecule has 0 aliphatic rings. The first kappa shape index (κ1) is 7.41. The van der Waals surface area contributed by atoms with Gasteiger partial charge in [0.25, 0.3) is 0 Å². The van der Waals surface area contributed by atoms with Crippen molar-refractivity contribution < 1.29 is 0 Å². The van der Waals surface area contributed by atoms with Crippen molar-refractivity contribution in [2.75, 3.05) is 0 Å². The van der Waals surface area contributed by atoms with Crippen molar-refractivity contribution in [2.24, 2.45) is 5.11 Å². The molecule has 54 valence electrons. The lowest BCUT2D eigenvalue weighted by Crippen LogP contribution is -1.79. The highest BCUT2D eigenvalue weighted by Crippen LogP contribution is 2.24. The molecule has 0 bridgehead atoms. The summed E-state index contributed by atoms with van der Waals surface area (Å²) in [6.07, 6.45) is 0. The van der Waals surface area contributed by atoms with Gasteiger partial charge in [0, 0.05) is 9.75 Å². The van der Waals surface area contributed by atoms with Crippen molar-refractivity contribution in [2.45, 2.75) is 19.9 Å². The van der Waals surface area contributed by atoms with E-state index >= 15 is 0 Å². The summed E-state index contributed by atoms with van der Waals surface area (Å²) in [6.45, 7) is 3.99. The second-order valence-corrected chi connectivity index (χ2v) is 3.57. The third-order valence-corrected chi connectivity index (χ3v) is 2.54. The normalized spacial score (nSPS) is 13.0. The molecule has 0 aromatic carbocycles. The average Bonchev–Trinajstić information content (AvgIpc) is 2.34. The fraction of sp³-hybridized carbons (Fsp3) is 0.429. The second kappa shape index (κ2) is 2.92. The third-order valence-electron chi connectivity index (χ3n) is 1.37. The molecule has 1 heterocycles. The molecule has 1 aromatic rings. The highest BCUT2D eigenvalue weighted by Gasteiger charge is 2.03. The van der Waals surface area contributed by atoms with Crippen LogP contribution in [0, 0.1) is 12.5 Å². The molecule has 0 saturated heterocycles. The number of aryl methyl sites for hydroxylation is 1. The Morgan fingerprint density at radius 3 is 2.70 bits per heavy atom. The molecule has 3 heteroatoms. The van der Waals surface area contributed by atoms with Crippen molar-refractivity contribution in [1.82, 2.24) is 0 Å². The molecule has 1 rings (SSSR count). The minimum absolute atomic E-state index is 0.0405. The van der Waals surface area contributed by atoms with Gasteiger partial charge in [-0.25, -0.2) is 5.53 Å². The molecule has 0 aliphatic carbocycles. The lowest BCUT2D eigenvalue weighted by atomic mass is 10.3. The van der Waals surface area contributed by atoms with Gasteiger partial charge < -0.3 is 0 Å². The summed E-state index contributed by atoms with van der Waals surface area (Å²) < 4.78 is 0. The van der Waals surface area contributed by atoms with Crippen LogP contribution in [0.2, 0.25) is 0 Å². The number of nitrogens with zero attached hydrogens (tertiary/aromatic N) is 1. The quantitative estimate of drug-likeness (QED) is 0.635. The monoisotopic (exact) mass is 154 g/mol. The molecule has 0 spiro atoms. The first-order chi connectivity index (χ1) is 4.74. The van der Waals surface area contributed by atoms with Gasteiger partial charge in [-0.15, -0.1) is 11.3 Å². The summed E-state index contributed by atoms with van der Waals surface area (Å²) in [5.41, 5.74) is 6.79. The van der Waals surface area contributed by atoms with Crippen molar-refractivity contribution in [3.63, 3.8) is 0 Å². The van der Waals surface area contributed by atoms with E-state index in [9.17, 15) is 0 Å². The fourth-order valence-electron chi connectivity index (χ4n) is 0.742. The molecule has 0 aliphatic heterocycles. The van der Waals surface area contributed by atoms with E-state index in [-0.39, 0.29) is 6.04 Å². The molecule has 0 saturated carbocycles. The van der Waals surface area contributed by atoms with Crippen molar-refractivity contribution in [1.29, 1.82) is 5.53 Å². The Labute approximate surface area is 64.4 Å². The smallest absolute Gasteiger partial charge is 0.102 e. The zero-order valence-corrected chi connectivity index (χ0v) is 6.90. The van der Waals surface area contributed by atoms with E-state index in [0.29, 0.717) is 0 Å². The van der Waals surface area contributed by atoms with Crippen LogP contribution < -0.4 is 0 Å². The predicted molar refractivity (Wildman–Crippen MR) is 42.6 cm³/mol. The Hall–Kier alpha value is -0.700. The summed E-state index contributed by atoms with van der Waals surface area (Å²) in [5, 5.41) is 3.43. The minimum atomic E-state index is 0.0405. The molecule has 1 N–H and O–H groups in total. The molecule has 1 aromatic heterocycles. The summed E-state index contributed by atoms with van der Waals surface area (Å²) in [4.78, 5) is 2.46. The third kappa shape index (κ3) is 1.42. The van der Waals surface area contributed by atoms with Gasteiger partial charge in [0.15, 0.2) is 0 Å². The molecule has 0 fully saturated rings. The number of nitrogens with one attached hydrogen (secondary N) is 1. The van der Waals surface area contributed by atoms with E-state index < -0.39 is 0 Å². The van der Waals surface area contributed by atoms with Crippen LogP contribution in [-0.2, 0) is 0 Å². The van der Waals surface area contributed by atoms with Gasteiger partial charge in [-0.3, -0.25) is 0 Å². The van der Waals surface area contributed by atoms with Gasteiger partial charge in [-0.2, -0.15) is 5.11 Å². The first-order valence-electron chi connectivity index (χ1n) is 3.17. The van der Waals surface area contributed by atoms with Gasteiger partial charge >= 0.3 is 0 Å². The topological polar surface area (TPSA) is 36.2 Å². The highest BCUT2D eigenvalue weighted by molar-refractivity contribution is 7.12. The molecule has 1 atom stereocenters. The maximum Gasteiger partial charge on any atom is 0.102 e. The van der Waals surface area contributed by atoms with E-state index in [0.717, 1.165) is 0 Å². The van der Waals surface area contributed by atoms with Crippen LogP contribution in [0.1, 0.15) is 22.7 Å². The Bertz CT molecular complexity index is 229. The summed E-state index contributed by atoms with van der Waals surface area (Å²) in [6, 6.07) is 4.13. The van der Waals surface area contributed by atoms with Crippen LogP contribution in [0.15, 0.2) is 17.2 Å². The Morgan fingerprint density at radius 2 is 2.30 bits per heavy atom. The van der Waals surface area contributed by atoms with Gasteiger partial charge in [0.1, 0.15) is 6.04 Å². The maximum absolute atomic E-state index is 6.79. The minimum Gasteiger partial charge on any atom is -0.209 e. The Kier molecular flexibility index (Phi) is 2.17. The summed E-state index contributed by atoms with van der Waals surface area (Å²) in [7, 11) is 0. The number of hydrogen-bond donors (Lipinski definition) is 1. The highest BCUT2D eigenvalue weighted by atomic mass is 32.1. The number of thiophene rings is 1. The summed E-state index contributed by atoms with van der Waals surface area (Å²) >= 11 is 1.71. The Morgan fingerprint density at radius 1 is 1.60 bits per heavy atom. The predicted octanol–water partition coefficient (Wildman–Crippen LogP) is 3.15. The molecular weight excluding hydrogens is 144 g/mol. The largest absolute Gasteiger partial charge is 0.209 e. The van der Waals surface area contributed by atoms with E-state index in [4.69, 9.17) is 5.53 Å². The van der Waals surface area contributed by atoms with Crippen LogP contribution in [0.3, 0.4) is 0 Å². The van der Waals surface area contributed by atoms with E-state index in [1.807, 2.05) is 13.0 Å². The number of rotatable bonds is 2. The average molecular weight is 154 g/mol. The molecule has 0 amide bonds. The Balaban J connectivity index is 2.84. The van der Waals surface area contributed by atoms with Gasteiger partial charge in [-0.1, -0.05) is 0 Å². The van der Waals surface area contributed by atoms with E-state index in [1.165, 1.54) is 9.75 Å². The maximum atomic E-state index is 6.79. The van der Waals surface area contributed by atoms with Gasteiger partial charge in [0.2, 0.25) is 0 Å². The van der Waals surface area contributed by atoms with Crippen molar-refractivity contribution >= 4 is 11.3 Å². The van der Waals surface area contributed by atoms with Crippen molar-refractivity contribution in [3.8, 4) is 0 Å². The SMILES string of the molecule is Cc1ccc(C(C)N=N)s1. The van der Waals surface area contributed by atoms with Crippen LogP contribution >= 0.6 is 11.3 Å². The molecule has 10 heavy (non-hydrogen) atoms. The second-order valence-electron chi connectivity index (χ2n) is 2.25.